The van der Waals surface area contributed by atoms with E-state index in [2.05, 4.69) is 72.0 Å². The van der Waals surface area contributed by atoms with Crippen molar-refractivity contribution < 1.29 is 13.9 Å². The van der Waals surface area contributed by atoms with Crippen LogP contribution in [0.15, 0.2) is 42.5 Å². The van der Waals surface area contributed by atoms with E-state index in [0.717, 1.165) is 0 Å². The normalized spacial score (nSPS) is 25.3. The van der Waals surface area contributed by atoms with E-state index in [1.165, 1.54) is 5.56 Å². The minimum absolute atomic E-state index is 0.104. The molecule has 1 aliphatic heterocycles. The fourth-order valence-corrected chi connectivity index (χ4v) is 3.85. The minimum Gasteiger partial charge on any atom is -0.411 e. The molecule has 0 aliphatic carbocycles. The molecule has 1 fully saturated rings. The molecule has 1 aromatic rings. The van der Waals surface area contributed by atoms with Gasteiger partial charge < -0.3 is 13.9 Å². The van der Waals surface area contributed by atoms with E-state index in [0.29, 0.717) is 13.2 Å². The maximum atomic E-state index is 6.36. The number of benzene rings is 1. The van der Waals surface area contributed by atoms with E-state index >= 15 is 0 Å². The first-order valence-corrected chi connectivity index (χ1v) is 12.1. The molecule has 1 aliphatic rings. The molecule has 0 bridgehead atoms. The third-order valence-corrected chi connectivity index (χ3v) is 9.92. The van der Waals surface area contributed by atoms with Crippen LogP contribution in [0.4, 0.5) is 0 Å². The van der Waals surface area contributed by atoms with Crippen molar-refractivity contribution in [3.05, 3.63) is 48.0 Å². The van der Waals surface area contributed by atoms with Crippen LogP contribution in [0, 0.1) is 0 Å². The molecule has 1 saturated heterocycles. The minimum atomic E-state index is -1.74. The summed E-state index contributed by atoms with van der Waals surface area (Å²) in [6.45, 7) is 16.8. The van der Waals surface area contributed by atoms with Gasteiger partial charge in [0.05, 0.1) is 19.3 Å². The topological polar surface area (TPSA) is 31.0 Å². The van der Waals surface area contributed by atoms with Gasteiger partial charge >= 0.3 is 0 Å². The summed E-state index contributed by atoms with van der Waals surface area (Å²) >= 11 is 0. The summed E-state index contributed by atoms with van der Waals surface area (Å²) in [5.41, 5.74) is 0.971. The monoisotopic (exact) mass is 362 g/mol. The maximum absolute atomic E-state index is 6.36. The number of epoxide rings is 1. The lowest BCUT2D eigenvalue weighted by molar-refractivity contribution is 0.104. The van der Waals surface area contributed by atoms with Crippen molar-refractivity contribution in [3.63, 3.8) is 0 Å². The molecule has 1 aromatic carbocycles. The fourth-order valence-electron chi connectivity index (χ4n) is 2.48. The van der Waals surface area contributed by atoms with Crippen LogP contribution in [0.25, 0.3) is 0 Å². The van der Waals surface area contributed by atoms with Crippen molar-refractivity contribution in [2.45, 2.75) is 77.2 Å². The van der Waals surface area contributed by atoms with Crippen molar-refractivity contribution >= 4 is 8.32 Å². The number of hydrogen-bond acceptors (Lipinski definition) is 3. The Balaban J connectivity index is 1.76. The second kappa shape index (κ2) is 7.75. The highest BCUT2D eigenvalue weighted by Gasteiger charge is 2.50. The Kier molecular flexibility index (Phi) is 6.31. The maximum Gasteiger partial charge on any atom is 0.192 e. The SMILES string of the molecule is C[C@@H](/C=C\[C@]1(C)O[C@@H]1COCc1ccccc1)O[Si](C)(C)C(C)(C)C. The van der Waals surface area contributed by atoms with E-state index in [1.807, 2.05) is 18.2 Å². The van der Waals surface area contributed by atoms with E-state index in [9.17, 15) is 0 Å². The Hall–Kier alpha value is -0.943. The molecule has 0 radical (unpaired) electrons. The predicted molar refractivity (Wildman–Crippen MR) is 106 cm³/mol. The molecule has 1 heterocycles. The van der Waals surface area contributed by atoms with Gasteiger partial charge in [-0.1, -0.05) is 63.3 Å². The first kappa shape index (κ1) is 20.4. The van der Waals surface area contributed by atoms with Crippen LogP contribution < -0.4 is 0 Å². The molecule has 3 atom stereocenters. The molecular weight excluding hydrogens is 328 g/mol. The molecule has 0 aromatic heterocycles. The highest BCUT2D eigenvalue weighted by molar-refractivity contribution is 6.74. The van der Waals surface area contributed by atoms with Gasteiger partial charge in [-0.3, -0.25) is 0 Å². The summed E-state index contributed by atoms with van der Waals surface area (Å²) in [6.07, 6.45) is 4.51. The van der Waals surface area contributed by atoms with Gasteiger partial charge in [0.15, 0.2) is 8.32 Å². The Morgan fingerprint density at radius 2 is 1.88 bits per heavy atom. The largest absolute Gasteiger partial charge is 0.411 e. The average molecular weight is 363 g/mol. The number of hydrogen-bond donors (Lipinski definition) is 0. The molecule has 0 spiro atoms. The van der Waals surface area contributed by atoms with Crippen molar-refractivity contribution in [3.8, 4) is 0 Å². The molecule has 140 valence electrons. The van der Waals surface area contributed by atoms with Crippen molar-refractivity contribution in [2.24, 2.45) is 0 Å². The van der Waals surface area contributed by atoms with Crippen LogP contribution in [-0.4, -0.2) is 32.7 Å². The Bertz CT molecular complexity index is 577. The van der Waals surface area contributed by atoms with Gasteiger partial charge in [0.2, 0.25) is 0 Å². The van der Waals surface area contributed by atoms with E-state index in [4.69, 9.17) is 13.9 Å². The number of rotatable bonds is 8. The van der Waals surface area contributed by atoms with Crippen molar-refractivity contribution in [2.75, 3.05) is 6.61 Å². The van der Waals surface area contributed by atoms with Crippen molar-refractivity contribution in [1.29, 1.82) is 0 Å². The third-order valence-electron chi connectivity index (χ3n) is 5.34. The molecule has 2 rings (SSSR count). The van der Waals surface area contributed by atoms with Crippen LogP contribution in [0.5, 0.6) is 0 Å². The smallest absolute Gasteiger partial charge is 0.192 e. The second-order valence-corrected chi connectivity index (χ2v) is 13.5. The standard InChI is InChI=1S/C21H34O3Si/c1-17(24-25(6,7)20(2,3)4)13-14-21(5)19(23-21)16-22-15-18-11-9-8-10-12-18/h8-14,17,19H,15-16H2,1-7H3/b14-13-/t17-,19+,21-/m0/s1. The summed E-state index contributed by atoms with van der Waals surface area (Å²) in [5.74, 6) is 0. The first-order valence-electron chi connectivity index (χ1n) is 9.20. The summed E-state index contributed by atoms with van der Waals surface area (Å²) in [6, 6.07) is 10.2. The Morgan fingerprint density at radius 1 is 1.24 bits per heavy atom. The van der Waals surface area contributed by atoms with Crippen LogP contribution >= 0.6 is 0 Å². The zero-order chi connectivity index (χ0) is 18.7. The lowest BCUT2D eigenvalue weighted by Gasteiger charge is -2.37. The molecule has 4 heteroatoms. The van der Waals surface area contributed by atoms with Gasteiger partial charge in [-0.25, -0.2) is 0 Å². The molecular formula is C21H34O3Si. The van der Waals surface area contributed by atoms with E-state index in [-0.39, 0.29) is 22.8 Å². The van der Waals surface area contributed by atoms with Crippen molar-refractivity contribution in [1.82, 2.24) is 0 Å². The predicted octanol–water partition coefficient (Wildman–Crippen LogP) is 5.33. The Morgan fingerprint density at radius 3 is 2.48 bits per heavy atom. The summed E-state index contributed by atoms with van der Waals surface area (Å²) in [5, 5.41) is 0.225. The number of ether oxygens (including phenoxy) is 2. The zero-order valence-electron chi connectivity index (χ0n) is 16.8. The summed E-state index contributed by atoms with van der Waals surface area (Å²) < 4.78 is 18.0. The van der Waals surface area contributed by atoms with E-state index < -0.39 is 8.32 Å². The van der Waals surface area contributed by atoms with Gasteiger partial charge in [0.1, 0.15) is 11.7 Å². The van der Waals surface area contributed by atoms with E-state index in [1.54, 1.807) is 0 Å². The van der Waals surface area contributed by atoms with Gasteiger partial charge in [-0.05, 0) is 37.5 Å². The van der Waals surface area contributed by atoms with Gasteiger partial charge in [-0.2, -0.15) is 0 Å². The lowest BCUT2D eigenvalue weighted by atomic mass is 10.1. The molecule has 0 amide bonds. The molecule has 3 nitrogen and oxygen atoms in total. The van der Waals surface area contributed by atoms with Gasteiger partial charge in [-0.15, -0.1) is 0 Å². The Labute approximate surface area is 154 Å². The molecule has 0 N–H and O–H groups in total. The highest BCUT2D eigenvalue weighted by Crippen LogP contribution is 2.39. The quantitative estimate of drug-likeness (QED) is 0.356. The first-order chi connectivity index (χ1) is 11.5. The van der Waals surface area contributed by atoms with Gasteiger partial charge in [0.25, 0.3) is 0 Å². The molecule has 0 unspecified atom stereocenters. The second-order valence-electron chi connectivity index (χ2n) is 8.73. The highest BCUT2D eigenvalue weighted by atomic mass is 28.4. The lowest BCUT2D eigenvalue weighted by Crippen LogP contribution is -2.42. The molecule has 25 heavy (non-hydrogen) atoms. The van der Waals surface area contributed by atoms with Gasteiger partial charge in [0, 0.05) is 0 Å². The fraction of sp³-hybridized carbons (Fsp3) is 0.619. The van der Waals surface area contributed by atoms with Crippen LogP contribution in [0.2, 0.25) is 18.1 Å². The summed E-state index contributed by atoms with van der Waals surface area (Å²) in [7, 11) is -1.74. The summed E-state index contributed by atoms with van der Waals surface area (Å²) in [4.78, 5) is 0. The van der Waals surface area contributed by atoms with Crippen LogP contribution in [0.1, 0.15) is 40.2 Å². The third kappa shape index (κ3) is 5.78. The zero-order valence-corrected chi connectivity index (χ0v) is 17.8. The average Bonchev–Trinajstić information content (AvgIpc) is 3.16. The van der Waals surface area contributed by atoms with Crippen LogP contribution in [-0.2, 0) is 20.5 Å². The van der Waals surface area contributed by atoms with Crippen LogP contribution in [0.3, 0.4) is 0 Å². The molecule has 0 saturated carbocycles.